The Morgan fingerprint density at radius 1 is 1.45 bits per heavy atom. The average molecular weight is 276 g/mol. The van der Waals surface area contributed by atoms with Crippen LogP contribution in [-0.2, 0) is 4.74 Å². The maximum atomic E-state index is 12.6. The molecule has 3 rings (SSSR count). The van der Waals surface area contributed by atoms with E-state index in [9.17, 15) is 9.59 Å². The number of rotatable bonds is 2. The highest BCUT2D eigenvalue weighted by Gasteiger charge is 2.30. The Hall–Kier alpha value is -2.08. The Kier molecular flexibility index (Phi) is 3.31. The number of carbonyl (C=O) groups is 2. The molecule has 2 N–H and O–H groups in total. The second kappa shape index (κ2) is 5.13. The number of benzene rings is 1. The number of amides is 1. The average Bonchev–Trinajstić information content (AvgIpc) is 2.91. The van der Waals surface area contributed by atoms with Crippen LogP contribution in [0.3, 0.4) is 0 Å². The van der Waals surface area contributed by atoms with Crippen molar-refractivity contribution in [1.29, 1.82) is 0 Å². The molecule has 20 heavy (non-hydrogen) atoms. The van der Waals surface area contributed by atoms with E-state index in [1.54, 1.807) is 6.07 Å². The van der Waals surface area contributed by atoms with E-state index in [-0.39, 0.29) is 17.5 Å². The minimum absolute atomic E-state index is 0.0579. The molecule has 106 valence electrons. The summed E-state index contributed by atoms with van der Waals surface area (Å²) in [6.07, 6.45) is 0.855. The molecule has 0 spiro atoms. The summed E-state index contributed by atoms with van der Waals surface area (Å²) in [6, 6.07) is 4.69. The van der Waals surface area contributed by atoms with Crippen molar-refractivity contribution < 1.29 is 19.4 Å². The highest BCUT2D eigenvalue weighted by Crippen LogP contribution is 2.25. The predicted octanol–water partition coefficient (Wildman–Crippen LogP) is 1.04. The molecule has 1 aromatic carbocycles. The van der Waals surface area contributed by atoms with Crippen molar-refractivity contribution >= 4 is 17.6 Å². The second-order valence-corrected chi connectivity index (χ2v) is 5.01. The lowest BCUT2D eigenvalue weighted by Crippen LogP contribution is -2.41. The van der Waals surface area contributed by atoms with E-state index in [0.29, 0.717) is 37.6 Å². The molecule has 0 bridgehead atoms. The van der Waals surface area contributed by atoms with Crippen LogP contribution in [-0.4, -0.2) is 54.2 Å². The van der Waals surface area contributed by atoms with Gasteiger partial charge in [-0.15, -0.1) is 0 Å². The third-order valence-electron chi connectivity index (χ3n) is 3.77. The zero-order valence-corrected chi connectivity index (χ0v) is 11.0. The third kappa shape index (κ3) is 2.22. The number of ether oxygens (including phenoxy) is 1. The number of hydrogen-bond acceptors (Lipinski definition) is 4. The Bertz CT molecular complexity index is 552. The molecule has 1 fully saturated rings. The van der Waals surface area contributed by atoms with E-state index in [2.05, 4.69) is 5.32 Å². The van der Waals surface area contributed by atoms with Crippen LogP contribution in [0.4, 0.5) is 5.69 Å². The number of fused-ring (bicyclic) bond motifs is 1. The van der Waals surface area contributed by atoms with Gasteiger partial charge in [0.2, 0.25) is 0 Å². The molecular formula is C14H16N2O4. The van der Waals surface area contributed by atoms with Gasteiger partial charge in [0, 0.05) is 25.4 Å². The second-order valence-electron chi connectivity index (χ2n) is 5.01. The van der Waals surface area contributed by atoms with Gasteiger partial charge in [0.25, 0.3) is 5.91 Å². The molecule has 1 amide bonds. The van der Waals surface area contributed by atoms with Crippen molar-refractivity contribution in [2.45, 2.75) is 12.5 Å². The van der Waals surface area contributed by atoms with Crippen LogP contribution in [0.1, 0.15) is 27.1 Å². The summed E-state index contributed by atoms with van der Waals surface area (Å²) >= 11 is 0. The zero-order valence-electron chi connectivity index (χ0n) is 11.0. The molecule has 6 heteroatoms. The van der Waals surface area contributed by atoms with Gasteiger partial charge in [-0.05, 0) is 24.6 Å². The highest BCUT2D eigenvalue weighted by molar-refractivity contribution is 6.02. The summed E-state index contributed by atoms with van der Waals surface area (Å²) in [4.78, 5) is 25.4. The predicted molar refractivity (Wildman–Crippen MR) is 72.2 cm³/mol. The van der Waals surface area contributed by atoms with Gasteiger partial charge >= 0.3 is 5.97 Å². The van der Waals surface area contributed by atoms with Gasteiger partial charge in [-0.2, -0.15) is 0 Å². The van der Waals surface area contributed by atoms with E-state index >= 15 is 0 Å². The maximum absolute atomic E-state index is 12.6. The first-order chi connectivity index (χ1) is 9.66. The number of anilines is 1. The van der Waals surface area contributed by atoms with Gasteiger partial charge in [0.05, 0.1) is 23.8 Å². The zero-order chi connectivity index (χ0) is 14.1. The molecule has 1 aromatic rings. The van der Waals surface area contributed by atoms with Gasteiger partial charge in [-0.25, -0.2) is 4.79 Å². The van der Waals surface area contributed by atoms with Gasteiger partial charge in [0.1, 0.15) is 0 Å². The largest absolute Gasteiger partial charge is 0.478 e. The molecular weight excluding hydrogens is 260 g/mol. The first kappa shape index (κ1) is 12.9. The molecule has 1 atom stereocenters. The Balaban J connectivity index is 1.92. The van der Waals surface area contributed by atoms with Crippen molar-refractivity contribution in [2.75, 3.05) is 31.6 Å². The van der Waals surface area contributed by atoms with Crippen LogP contribution < -0.4 is 5.32 Å². The first-order valence-electron chi connectivity index (χ1n) is 6.67. The first-order valence-corrected chi connectivity index (χ1v) is 6.67. The SMILES string of the molecule is O=C(O)c1ccc2c(c1)NCCN(C1CCOC1)C2=O. The molecule has 0 radical (unpaired) electrons. The molecule has 0 aromatic heterocycles. The van der Waals surface area contributed by atoms with Crippen LogP contribution in [0, 0.1) is 0 Å². The standard InChI is InChI=1S/C14H16N2O4/c17-13-11-2-1-9(14(18)19)7-12(11)15-4-5-16(13)10-3-6-20-8-10/h1-2,7,10,15H,3-6,8H2,(H,18,19). The van der Waals surface area contributed by atoms with E-state index < -0.39 is 5.97 Å². The monoisotopic (exact) mass is 276 g/mol. The quantitative estimate of drug-likeness (QED) is 0.844. The summed E-state index contributed by atoms with van der Waals surface area (Å²) in [6.45, 7) is 2.48. The lowest BCUT2D eigenvalue weighted by molar-refractivity contribution is 0.0665. The van der Waals surface area contributed by atoms with Crippen molar-refractivity contribution in [2.24, 2.45) is 0 Å². The van der Waals surface area contributed by atoms with Crippen LogP contribution >= 0.6 is 0 Å². The minimum atomic E-state index is -0.993. The normalized spacial score (nSPS) is 22.1. The Morgan fingerprint density at radius 2 is 2.30 bits per heavy atom. The smallest absolute Gasteiger partial charge is 0.335 e. The lowest BCUT2D eigenvalue weighted by Gasteiger charge is -2.26. The molecule has 1 saturated heterocycles. The summed E-state index contributed by atoms with van der Waals surface area (Å²) in [7, 11) is 0. The summed E-state index contributed by atoms with van der Waals surface area (Å²) in [5.74, 6) is -1.05. The van der Waals surface area contributed by atoms with Gasteiger partial charge in [-0.1, -0.05) is 0 Å². The fourth-order valence-corrected chi connectivity index (χ4v) is 2.69. The molecule has 1 unspecified atom stereocenters. The molecule has 2 aliphatic heterocycles. The van der Waals surface area contributed by atoms with E-state index in [4.69, 9.17) is 9.84 Å². The summed E-state index contributed by atoms with van der Waals surface area (Å²) < 4.78 is 5.35. The fourth-order valence-electron chi connectivity index (χ4n) is 2.69. The van der Waals surface area contributed by atoms with E-state index in [0.717, 1.165) is 6.42 Å². The van der Waals surface area contributed by atoms with Gasteiger partial charge in [-0.3, -0.25) is 4.79 Å². The van der Waals surface area contributed by atoms with Crippen molar-refractivity contribution in [3.8, 4) is 0 Å². The Morgan fingerprint density at radius 3 is 3.00 bits per heavy atom. The van der Waals surface area contributed by atoms with Gasteiger partial charge < -0.3 is 20.1 Å². The summed E-state index contributed by atoms with van der Waals surface area (Å²) in [5.41, 5.74) is 1.30. The Labute approximate surface area is 116 Å². The number of aromatic carboxylic acids is 1. The van der Waals surface area contributed by atoms with Crippen molar-refractivity contribution in [1.82, 2.24) is 4.90 Å². The third-order valence-corrected chi connectivity index (χ3v) is 3.77. The number of carboxylic acid groups (broad SMARTS) is 1. The number of nitrogens with one attached hydrogen (secondary N) is 1. The van der Waals surface area contributed by atoms with Crippen molar-refractivity contribution in [3.63, 3.8) is 0 Å². The maximum Gasteiger partial charge on any atom is 0.335 e. The van der Waals surface area contributed by atoms with E-state index in [1.807, 2.05) is 4.90 Å². The number of hydrogen-bond donors (Lipinski definition) is 2. The summed E-state index contributed by atoms with van der Waals surface area (Å²) in [5, 5.41) is 12.1. The van der Waals surface area contributed by atoms with Crippen molar-refractivity contribution in [3.05, 3.63) is 29.3 Å². The fraction of sp³-hybridized carbons (Fsp3) is 0.429. The van der Waals surface area contributed by atoms with Gasteiger partial charge in [0.15, 0.2) is 0 Å². The molecule has 2 heterocycles. The van der Waals surface area contributed by atoms with Crippen LogP contribution in [0.25, 0.3) is 0 Å². The molecule has 0 aliphatic carbocycles. The molecule has 2 aliphatic rings. The number of carboxylic acids is 1. The van der Waals surface area contributed by atoms with Crippen LogP contribution in [0.2, 0.25) is 0 Å². The topological polar surface area (TPSA) is 78.9 Å². The van der Waals surface area contributed by atoms with E-state index in [1.165, 1.54) is 12.1 Å². The number of carbonyl (C=O) groups excluding carboxylic acids is 1. The van der Waals surface area contributed by atoms with Crippen LogP contribution in [0.15, 0.2) is 18.2 Å². The minimum Gasteiger partial charge on any atom is -0.478 e. The molecule has 0 saturated carbocycles. The lowest BCUT2D eigenvalue weighted by atomic mass is 10.1. The number of nitrogens with zero attached hydrogens (tertiary/aromatic N) is 1. The molecule has 6 nitrogen and oxygen atoms in total. The van der Waals surface area contributed by atoms with Crippen LogP contribution in [0.5, 0.6) is 0 Å². The highest BCUT2D eigenvalue weighted by atomic mass is 16.5.